The van der Waals surface area contributed by atoms with E-state index in [0.29, 0.717) is 17.8 Å². The maximum Gasteiger partial charge on any atom is 0.253 e. The van der Waals surface area contributed by atoms with Crippen LogP contribution in [-0.2, 0) is 10.0 Å². The van der Waals surface area contributed by atoms with Crippen LogP contribution in [0.25, 0.3) is 0 Å². The Morgan fingerprint density at radius 3 is 2.61 bits per heavy atom. The molecule has 1 fully saturated rings. The Balaban J connectivity index is 2.24. The summed E-state index contributed by atoms with van der Waals surface area (Å²) >= 11 is 1.12. The molecule has 0 atom stereocenters. The van der Waals surface area contributed by atoms with Crippen LogP contribution in [-0.4, -0.2) is 18.9 Å². The van der Waals surface area contributed by atoms with Crippen molar-refractivity contribution in [2.45, 2.75) is 48.8 Å². The Morgan fingerprint density at radius 1 is 1.44 bits per heavy atom. The van der Waals surface area contributed by atoms with E-state index in [1.807, 2.05) is 0 Å². The Bertz CT molecular complexity index is 565. The van der Waals surface area contributed by atoms with Gasteiger partial charge >= 0.3 is 0 Å². The van der Waals surface area contributed by atoms with Crippen molar-refractivity contribution in [3.63, 3.8) is 0 Å². The lowest BCUT2D eigenvalue weighted by Gasteiger charge is -2.30. The van der Waals surface area contributed by atoms with Crippen LogP contribution in [0.2, 0.25) is 0 Å². The quantitative estimate of drug-likeness (QED) is 0.920. The third kappa shape index (κ3) is 2.71. The Kier molecular flexibility index (Phi) is 3.71. The molecule has 5 nitrogen and oxygen atoms in total. The monoisotopic (exact) mass is 285 g/mol. The number of hydrogen-bond acceptors (Lipinski definition) is 5. The minimum Gasteiger partial charge on any atom is -0.249 e. The van der Waals surface area contributed by atoms with E-state index in [4.69, 9.17) is 0 Å². The summed E-state index contributed by atoms with van der Waals surface area (Å²) in [5, 5.41) is 9.97. The summed E-state index contributed by atoms with van der Waals surface area (Å²) in [5.74, 6) is 0. The summed E-state index contributed by atoms with van der Waals surface area (Å²) < 4.78 is 27.1. The molecule has 0 radical (unpaired) electrons. The summed E-state index contributed by atoms with van der Waals surface area (Å²) in [5.41, 5.74) is -0.936. The molecule has 2 rings (SSSR count). The molecule has 1 heterocycles. The molecular weight excluding hydrogens is 270 g/mol. The van der Waals surface area contributed by atoms with Gasteiger partial charge in [0.25, 0.3) is 10.0 Å². The fourth-order valence-corrected chi connectivity index (χ4v) is 4.65. The lowest BCUT2D eigenvalue weighted by molar-refractivity contribution is 0.338. The summed E-state index contributed by atoms with van der Waals surface area (Å²) in [6.07, 6.45) is 5.34. The number of thiazole rings is 1. The molecular formula is C11H15N3O2S2. The molecule has 0 saturated heterocycles. The Hall–Kier alpha value is -0.970. The highest BCUT2D eigenvalue weighted by atomic mass is 32.2. The SMILES string of the molecule is Cc1ncc(S(=O)(=O)NC2(C#N)CCCCC2)s1. The van der Waals surface area contributed by atoms with E-state index in [9.17, 15) is 13.7 Å². The van der Waals surface area contributed by atoms with E-state index >= 15 is 0 Å². The van der Waals surface area contributed by atoms with Crippen LogP contribution in [0.4, 0.5) is 0 Å². The molecule has 98 valence electrons. The smallest absolute Gasteiger partial charge is 0.249 e. The van der Waals surface area contributed by atoms with Crippen LogP contribution < -0.4 is 4.72 Å². The second-order valence-electron chi connectivity index (χ2n) is 4.56. The van der Waals surface area contributed by atoms with Crippen LogP contribution in [0.5, 0.6) is 0 Å². The molecule has 1 aliphatic carbocycles. The van der Waals surface area contributed by atoms with Crippen LogP contribution in [0.1, 0.15) is 37.1 Å². The van der Waals surface area contributed by atoms with Crippen molar-refractivity contribution in [2.75, 3.05) is 0 Å². The highest BCUT2D eigenvalue weighted by Crippen LogP contribution is 2.30. The van der Waals surface area contributed by atoms with E-state index in [2.05, 4.69) is 15.8 Å². The number of aromatic nitrogens is 1. The second-order valence-corrected chi connectivity index (χ2v) is 7.70. The highest BCUT2D eigenvalue weighted by Gasteiger charge is 2.37. The predicted octanol–water partition coefficient (Wildman–Crippen LogP) is 1.96. The van der Waals surface area contributed by atoms with Gasteiger partial charge in [-0.05, 0) is 19.8 Å². The number of nitrogens with one attached hydrogen (secondary N) is 1. The number of aryl methyl sites for hydroxylation is 1. The molecule has 18 heavy (non-hydrogen) atoms. The average Bonchev–Trinajstić information content (AvgIpc) is 2.77. The lowest BCUT2D eigenvalue weighted by Crippen LogP contribution is -2.48. The van der Waals surface area contributed by atoms with Crippen molar-refractivity contribution in [1.29, 1.82) is 5.26 Å². The van der Waals surface area contributed by atoms with E-state index in [1.165, 1.54) is 6.20 Å². The van der Waals surface area contributed by atoms with E-state index in [1.54, 1.807) is 6.92 Å². The van der Waals surface area contributed by atoms with Crippen LogP contribution in [0.15, 0.2) is 10.4 Å². The lowest BCUT2D eigenvalue weighted by atomic mass is 9.84. The fourth-order valence-electron chi connectivity index (χ4n) is 2.17. The Morgan fingerprint density at radius 2 is 2.11 bits per heavy atom. The van der Waals surface area contributed by atoms with Crippen molar-refractivity contribution in [3.05, 3.63) is 11.2 Å². The molecule has 0 amide bonds. The topological polar surface area (TPSA) is 82.8 Å². The summed E-state index contributed by atoms with van der Waals surface area (Å²) in [6, 6.07) is 2.14. The molecule has 1 N–H and O–H groups in total. The van der Waals surface area contributed by atoms with Gasteiger partial charge in [-0.15, -0.1) is 11.3 Å². The Labute approximate surface area is 111 Å². The third-order valence-electron chi connectivity index (χ3n) is 3.12. The standard InChI is InChI=1S/C11H15N3O2S2/c1-9-13-7-10(17-9)18(15,16)14-11(8-12)5-3-2-4-6-11/h7,14H,2-6H2,1H3. The van der Waals surface area contributed by atoms with Gasteiger partial charge in [0.1, 0.15) is 5.54 Å². The first-order chi connectivity index (χ1) is 8.47. The zero-order valence-corrected chi connectivity index (χ0v) is 11.8. The van der Waals surface area contributed by atoms with Gasteiger partial charge in [-0.1, -0.05) is 19.3 Å². The average molecular weight is 285 g/mol. The molecule has 7 heteroatoms. The molecule has 0 unspecified atom stereocenters. The number of hydrogen-bond donors (Lipinski definition) is 1. The molecule has 0 spiro atoms. The molecule has 1 aliphatic rings. The first-order valence-corrected chi connectivity index (χ1v) is 8.15. The van der Waals surface area contributed by atoms with E-state index in [0.717, 1.165) is 30.6 Å². The van der Waals surface area contributed by atoms with E-state index in [-0.39, 0.29) is 4.21 Å². The van der Waals surface area contributed by atoms with Crippen LogP contribution in [0.3, 0.4) is 0 Å². The van der Waals surface area contributed by atoms with Gasteiger partial charge in [0, 0.05) is 0 Å². The predicted molar refractivity (Wildman–Crippen MR) is 68.6 cm³/mol. The fraction of sp³-hybridized carbons (Fsp3) is 0.636. The molecule has 1 aromatic rings. The summed E-state index contributed by atoms with van der Waals surface area (Å²) in [4.78, 5) is 3.94. The summed E-state index contributed by atoms with van der Waals surface area (Å²) in [7, 11) is -3.63. The van der Waals surface area contributed by atoms with Crippen molar-refractivity contribution < 1.29 is 8.42 Å². The first kappa shape index (κ1) is 13.5. The van der Waals surface area contributed by atoms with Crippen LogP contribution in [0, 0.1) is 18.3 Å². The zero-order chi connectivity index (χ0) is 13.2. The van der Waals surface area contributed by atoms with Crippen molar-refractivity contribution >= 4 is 21.4 Å². The minimum atomic E-state index is -3.63. The van der Waals surface area contributed by atoms with Gasteiger partial charge in [0.15, 0.2) is 4.21 Å². The van der Waals surface area contributed by atoms with Gasteiger partial charge in [-0.3, -0.25) is 0 Å². The number of nitrogens with zero attached hydrogens (tertiary/aromatic N) is 2. The van der Waals surface area contributed by atoms with Gasteiger partial charge < -0.3 is 0 Å². The molecule has 0 bridgehead atoms. The summed E-state index contributed by atoms with van der Waals surface area (Å²) in [6.45, 7) is 1.75. The van der Waals surface area contributed by atoms with Crippen LogP contribution >= 0.6 is 11.3 Å². The normalized spacial score (nSPS) is 19.3. The van der Waals surface area contributed by atoms with Crippen molar-refractivity contribution in [1.82, 2.24) is 9.71 Å². The second kappa shape index (κ2) is 4.96. The maximum absolute atomic E-state index is 12.2. The first-order valence-electron chi connectivity index (χ1n) is 5.85. The molecule has 1 aromatic heterocycles. The molecule has 0 aromatic carbocycles. The number of nitriles is 1. The molecule has 1 saturated carbocycles. The van der Waals surface area contributed by atoms with Crippen molar-refractivity contribution in [3.8, 4) is 6.07 Å². The van der Waals surface area contributed by atoms with Gasteiger partial charge in [0.2, 0.25) is 0 Å². The largest absolute Gasteiger partial charge is 0.253 e. The number of sulfonamides is 1. The van der Waals surface area contributed by atoms with E-state index < -0.39 is 15.6 Å². The zero-order valence-electron chi connectivity index (χ0n) is 10.1. The highest BCUT2D eigenvalue weighted by molar-refractivity contribution is 7.91. The third-order valence-corrected chi connectivity index (χ3v) is 6.03. The van der Waals surface area contributed by atoms with Gasteiger partial charge in [-0.25, -0.2) is 13.4 Å². The van der Waals surface area contributed by atoms with Gasteiger partial charge in [0.05, 0.1) is 17.3 Å². The van der Waals surface area contributed by atoms with Crippen molar-refractivity contribution in [2.24, 2.45) is 0 Å². The maximum atomic E-state index is 12.2. The molecule has 0 aliphatic heterocycles. The number of rotatable bonds is 3. The minimum absolute atomic E-state index is 0.181. The van der Waals surface area contributed by atoms with Gasteiger partial charge in [-0.2, -0.15) is 9.98 Å².